The molecule has 0 amide bonds. The zero-order chi connectivity index (χ0) is 20.0. The molecule has 0 aliphatic heterocycles. The standard InChI is InChI=1S/C18H18ClF3N2O3/c1-11(15-4-3-14(9-23-15)27-10-18(20,21)22)5-13(25)6-12-7-16(26-2)17(19)24-8-12/h3-4,7-9,11H,5-6,10H2,1-2H3/t11-/m0/s1. The van der Waals surface area contributed by atoms with Crippen LogP contribution in [0.15, 0.2) is 30.6 Å². The summed E-state index contributed by atoms with van der Waals surface area (Å²) < 4.78 is 46.1. The molecule has 0 saturated carbocycles. The molecule has 2 aromatic rings. The van der Waals surface area contributed by atoms with Gasteiger partial charge in [0.05, 0.1) is 13.3 Å². The Morgan fingerprint density at radius 2 is 2.00 bits per heavy atom. The normalized spacial score (nSPS) is 12.5. The summed E-state index contributed by atoms with van der Waals surface area (Å²) in [6.07, 6.45) is -1.29. The fraction of sp³-hybridized carbons (Fsp3) is 0.389. The van der Waals surface area contributed by atoms with Crippen molar-refractivity contribution in [3.8, 4) is 11.5 Å². The summed E-state index contributed by atoms with van der Waals surface area (Å²) in [6.45, 7) is 0.442. The molecule has 2 aromatic heterocycles. The van der Waals surface area contributed by atoms with Crippen LogP contribution in [0.3, 0.4) is 0 Å². The van der Waals surface area contributed by atoms with E-state index in [9.17, 15) is 18.0 Å². The second-order valence-corrected chi connectivity index (χ2v) is 6.34. The molecule has 1 atom stereocenters. The number of carbonyl (C=O) groups excluding carboxylic acids is 1. The van der Waals surface area contributed by atoms with Gasteiger partial charge in [0.2, 0.25) is 0 Å². The number of alkyl halides is 3. The van der Waals surface area contributed by atoms with Gasteiger partial charge in [-0.05, 0) is 23.8 Å². The second-order valence-electron chi connectivity index (χ2n) is 5.98. The zero-order valence-corrected chi connectivity index (χ0v) is 15.5. The summed E-state index contributed by atoms with van der Waals surface area (Å²) >= 11 is 5.86. The summed E-state index contributed by atoms with van der Waals surface area (Å²) in [5, 5.41) is 0.221. The SMILES string of the molecule is COc1cc(CC(=O)C[C@H](C)c2ccc(OCC(F)(F)F)cn2)cnc1Cl. The van der Waals surface area contributed by atoms with E-state index in [2.05, 4.69) is 14.7 Å². The van der Waals surface area contributed by atoms with Crippen molar-refractivity contribution in [2.45, 2.75) is 31.9 Å². The van der Waals surface area contributed by atoms with E-state index in [1.165, 1.54) is 25.6 Å². The van der Waals surface area contributed by atoms with Crippen molar-refractivity contribution in [2.24, 2.45) is 0 Å². The van der Waals surface area contributed by atoms with Crippen molar-refractivity contribution in [3.05, 3.63) is 47.0 Å². The highest BCUT2D eigenvalue weighted by Crippen LogP contribution is 2.24. The van der Waals surface area contributed by atoms with Gasteiger partial charge < -0.3 is 9.47 Å². The van der Waals surface area contributed by atoms with Crippen molar-refractivity contribution in [2.75, 3.05) is 13.7 Å². The van der Waals surface area contributed by atoms with Crippen LogP contribution in [0.25, 0.3) is 0 Å². The number of Topliss-reactive ketones (excluding diaryl/α,β-unsaturated/α-hetero) is 1. The maximum atomic E-state index is 12.3. The van der Waals surface area contributed by atoms with Crippen LogP contribution < -0.4 is 9.47 Å². The Labute approximate surface area is 159 Å². The fourth-order valence-electron chi connectivity index (χ4n) is 2.39. The maximum absolute atomic E-state index is 12.3. The minimum absolute atomic E-state index is 0.0222. The summed E-state index contributed by atoms with van der Waals surface area (Å²) in [5.41, 5.74) is 1.27. The molecule has 0 radical (unpaired) electrons. The van der Waals surface area contributed by atoms with Gasteiger partial charge in [0, 0.05) is 30.7 Å². The Kier molecular flexibility index (Phi) is 7.01. The number of ketones is 1. The molecule has 9 heteroatoms. The second kappa shape index (κ2) is 9.03. The lowest BCUT2D eigenvalue weighted by atomic mass is 9.97. The molecule has 146 valence electrons. The number of halogens is 4. The van der Waals surface area contributed by atoms with Crippen molar-refractivity contribution in [3.63, 3.8) is 0 Å². The Morgan fingerprint density at radius 3 is 2.59 bits per heavy atom. The highest BCUT2D eigenvalue weighted by molar-refractivity contribution is 6.30. The molecular formula is C18H18ClF3N2O3. The molecule has 0 spiro atoms. The van der Waals surface area contributed by atoms with Crippen LogP contribution in [0.1, 0.15) is 30.5 Å². The smallest absolute Gasteiger partial charge is 0.422 e. The van der Waals surface area contributed by atoms with Crippen LogP contribution in [0.2, 0.25) is 5.15 Å². The van der Waals surface area contributed by atoms with Crippen molar-refractivity contribution >= 4 is 17.4 Å². The number of pyridine rings is 2. The van der Waals surface area contributed by atoms with E-state index in [1.807, 2.05) is 6.92 Å². The average Bonchev–Trinajstić information content (AvgIpc) is 2.61. The van der Waals surface area contributed by atoms with Gasteiger partial charge in [-0.3, -0.25) is 9.78 Å². The van der Waals surface area contributed by atoms with E-state index in [4.69, 9.17) is 16.3 Å². The largest absolute Gasteiger partial charge is 0.494 e. The van der Waals surface area contributed by atoms with Gasteiger partial charge in [-0.25, -0.2) is 4.98 Å². The van der Waals surface area contributed by atoms with E-state index >= 15 is 0 Å². The average molecular weight is 403 g/mol. The summed E-state index contributed by atoms with van der Waals surface area (Å²) in [5.74, 6) is 0.184. The molecule has 0 unspecified atom stereocenters. The van der Waals surface area contributed by atoms with E-state index < -0.39 is 12.8 Å². The van der Waals surface area contributed by atoms with Crippen LogP contribution in [0.5, 0.6) is 11.5 Å². The Bertz CT molecular complexity index is 782. The number of hydrogen-bond acceptors (Lipinski definition) is 5. The van der Waals surface area contributed by atoms with Gasteiger partial charge in [0.25, 0.3) is 0 Å². The molecular weight excluding hydrogens is 385 g/mol. The molecule has 0 N–H and O–H groups in total. The van der Waals surface area contributed by atoms with Crippen LogP contribution in [-0.4, -0.2) is 35.6 Å². The van der Waals surface area contributed by atoms with Crippen molar-refractivity contribution < 1.29 is 27.4 Å². The Hall–Kier alpha value is -2.35. The molecule has 0 fully saturated rings. The van der Waals surface area contributed by atoms with Gasteiger partial charge in [0.1, 0.15) is 11.5 Å². The predicted octanol–water partition coefficient (Wildman–Crippen LogP) is 4.39. The minimum Gasteiger partial charge on any atom is -0.494 e. The molecule has 2 heterocycles. The number of hydrogen-bond donors (Lipinski definition) is 0. The first kappa shape index (κ1) is 21.0. The lowest BCUT2D eigenvalue weighted by Gasteiger charge is -2.12. The highest BCUT2D eigenvalue weighted by atomic mass is 35.5. The molecule has 5 nitrogen and oxygen atoms in total. The Morgan fingerprint density at radius 1 is 1.26 bits per heavy atom. The van der Waals surface area contributed by atoms with Gasteiger partial charge in [-0.15, -0.1) is 0 Å². The molecule has 27 heavy (non-hydrogen) atoms. The summed E-state index contributed by atoms with van der Waals surface area (Å²) in [4.78, 5) is 20.3. The molecule has 0 aliphatic carbocycles. The van der Waals surface area contributed by atoms with Crippen LogP contribution in [0, 0.1) is 0 Å². The number of carbonyl (C=O) groups is 1. The van der Waals surface area contributed by atoms with E-state index in [1.54, 1.807) is 12.1 Å². The third kappa shape index (κ3) is 6.71. The maximum Gasteiger partial charge on any atom is 0.422 e. The minimum atomic E-state index is -4.41. The molecule has 0 aromatic carbocycles. The van der Waals surface area contributed by atoms with Gasteiger partial charge in [0.15, 0.2) is 17.5 Å². The van der Waals surface area contributed by atoms with Gasteiger partial charge in [-0.2, -0.15) is 13.2 Å². The molecule has 0 aliphatic rings. The summed E-state index contributed by atoms with van der Waals surface area (Å²) in [6, 6.07) is 4.61. The van der Waals surface area contributed by atoms with Gasteiger partial charge >= 0.3 is 6.18 Å². The van der Waals surface area contributed by atoms with Crippen LogP contribution in [-0.2, 0) is 11.2 Å². The first-order valence-electron chi connectivity index (χ1n) is 8.03. The lowest BCUT2D eigenvalue weighted by Crippen LogP contribution is -2.19. The monoisotopic (exact) mass is 402 g/mol. The summed E-state index contributed by atoms with van der Waals surface area (Å²) in [7, 11) is 1.46. The first-order valence-corrected chi connectivity index (χ1v) is 8.41. The van der Waals surface area contributed by atoms with Gasteiger partial charge in [-0.1, -0.05) is 18.5 Å². The molecule has 0 saturated heterocycles. The Balaban J connectivity index is 1.92. The van der Waals surface area contributed by atoms with Crippen LogP contribution in [0.4, 0.5) is 13.2 Å². The first-order chi connectivity index (χ1) is 12.7. The van der Waals surface area contributed by atoms with E-state index in [0.717, 1.165) is 0 Å². The third-order valence-electron chi connectivity index (χ3n) is 3.69. The molecule has 2 rings (SSSR count). The van der Waals surface area contributed by atoms with Crippen LogP contribution >= 0.6 is 11.6 Å². The van der Waals surface area contributed by atoms with Crippen molar-refractivity contribution in [1.82, 2.24) is 9.97 Å². The number of aromatic nitrogens is 2. The number of rotatable bonds is 8. The van der Waals surface area contributed by atoms with E-state index in [-0.39, 0.29) is 35.4 Å². The highest BCUT2D eigenvalue weighted by Gasteiger charge is 2.28. The van der Waals surface area contributed by atoms with E-state index in [0.29, 0.717) is 17.0 Å². The predicted molar refractivity (Wildman–Crippen MR) is 93.3 cm³/mol. The topological polar surface area (TPSA) is 61.3 Å². The lowest BCUT2D eigenvalue weighted by molar-refractivity contribution is -0.153. The molecule has 0 bridgehead atoms. The zero-order valence-electron chi connectivity index (χ0n) is 14.7. The number of methoxy groups -OCH3 is 1. The van der Waals surface area contributed by atoms with Crippen molar-refractivity contribution in [1.29, 1.82) is 0 Å². The third-order valence-corrected chi connectivity index (χ3v) is 3.97. The fourth-order valence-corrected chi connectivity index (χ4v) is 2.57. The number of ether oxygens (including phenoxy) is 2. The number of nitrogens with zero attached hydrogens (tertiary/aromatic N) is 2. The quantitative estimate of drug-likeness (QED) is 0.613.